The van der Waals surface area contributed by atoms with E-state index in [-0.39, 0.29) is 0 Å². The quantitative estimate of drug-likeness (QED) is 0.640. The lowest BCUT2D eigenvalue weighted by Gasteiger charge is -2.32. The third-order valence-electron chi connectivity index (χ3n) is 6.01. The van der Waals surface area contributed by atoms with Gasteiger partial charge in [0.1, 0.15) is 0 Å². The maximum absolute atomic E-state index is 4.81. The molecule has 0 unspecified atom stereocenters. The van der Waals surface area contributed by atoms with Crippen LogP contribution in [0.2, 0.25) is 0 Å². The summed E-state index contributed by atoms with van der Waals surface area (Å²) < 4.78 is 0. The number of aromatic nitrogens is 3. The van der Waals surface area contributed by atoms with Crippen LogP contribution in [0.15, 0.2) is 30.3 Å². The molecule has 2 fully saturated rings. The van der Waals surface area contributed by atoms with Crippen molar-refractivity contribution in [1.82, 2.24) is 20.3 Å². The summed E-state index contributed by atoms with van der Waals surface area (Å²) in [5.41, 5.74) is 0.981. The van der Waals surface area contributed by atoms with Crippen molar-refractivity contribution in [3.8, 4) is 0 Å². The van der Waals surface area contributed by atoms with E-state index >= 15 is 0 Å². The Hall–Kier alpha value is -2.41. The summed E-state index contributed by atoms with van der Waals surface area (Å²) in [6.07, 6.45) is 9.81. The lowest BCUT2D eigenvalue weighted by molar-refractivity contribution is 0.439. The van der Waals surface area contributed by atoms with E-state index in [9.17, 15) is 0 Å². The normalized spacial score (nSPS) is 18.8. The first-order valence-corrected chi connectivity index (χ1v) is 11.1. The third-order valence-corrected chi connectivity index (χ3v) is 6.01. The van der Waals surface area contributed by atoms with Gasteiger partial charge >= 0.3 is 0 Å². The maximum Gasteiger partial charge on any atom is 0.233 e. The molecule has 1 aliphatic carbocycles. The smallest absolute Gasteiger partial charge is 0.233 e. The molecular weight excluding hydrogens is 362 g/mol. The number of hydrogen-bond donors (Lipinski definition) is 3. The molecule has 1 saturated carbocycles. The Morgan fingerprint density at radius 3 is 2.28 bits per heavy atom. The molecule has 2 aromatic rings. The SMILES string of the molecule is CN(c1nc(Nc2ccccc2)nc(NC2CCCCCC2)n1)C1CCNCC1. The highest BCUT2D eigenvalue weighted by Crippen LogP contribution is 2.24. The van der Waals surface area contributed by atoms with E-state index < -0.39 is 0 Å². The van der Waals surface area contributed by atoms with Crippen molar-refractivity contribution >= 4 is 23.5 Å². The minimum Gasteiger partial charge on any atom is -0.351 e. The summed E-state index contributed by atoms with van der Waals surface area (Å²) in [6, 6.07) is 11.0. The van der Waals surface area contributed by atoms with Crippen LogP contribution in [0.3, 0.4) is 0 Å². The van der Waals surface area contributed by atoms with E-state index in [2.05, 4.69) is 27.9 Å². The predicted octanol–water partition coefficient (Wildman–Crippen LogP) is 3.94. The molecule has 0 amide bonds. The standard InChI is InChI=1S/C22H33N7/c1-29(19-13-15-23-16-14-19)22-27-20(24-17-9-5-2-3-6-10-17)26-21(28-22)25-18-11-7-4-8-12-18/h4,7-8,11-12,17,19,23H,2-3,5-6,9-10,13-16H2,1H3,(H2,24,25,26,27,28). The number of hydrogen-bond acceptors (Lipinski definition) is 7. The second-order valence-corrected chi connectivity index (χ2v) is 8.20. The van der Waals surface area contributed by atoms with Crippen molar-refractivity contribution < 1.29 is 0 Å². The van der Waals surface area contributed by atoms with Crippen molar-refractivity contribution in [1.29, 1.82) is 0 Å². The molecule has 2 aliphatic rings. The number of anilines is 4. The Balaban J connectivity index is 1.57. The van der Waals surface area contributed by atoms with E-state index in [1.54, 1.807) is 0 Å². The largest absolute Gasteiger partial charge is 0.351 e. The van der Waals surface area contributed by atoms with Gasteiger partial charge in [0.25, 0.3) is 0 Å². The second kappa shape index (κ2) is 9.87. The number of nitrogens with zero attached hydrogens (tertiary/aromatic N) is 4. The molecule has 2 heterocycles. The molecule has 1 aromatic carbocycles. The highest BCUT2D eigenvalue weighted by Gasteiger charge is 2.22. The van der Waals surface area contributed by atoms with E-state index in [1.807, 2.05) is 30.3 Å². The maximum atomic E-state index is 4.81. The Morgan fingerprint density at radius 1 is 0.862 bits per heavy atom. The van der Waals surface area contributed by atoms with Gasteiger partial charge in [-0.05, 0) is 50.9 Å². The summed E-state index contributed by atoms with van der Waals surface area (Å²) >= 11 is 0. The van der Waals surface area contributed by atoms with Gasteiger partial charge in [0, 0.05) is 24.8 Å². The first-order valence-electron chi connectivity index (χ1n) is 11.1. The highest BCUT2D eigenvalue weighted by molar-refractivity contribution is 5.55. The fourth-order valence-corrected chi connectivity index (χ4v) is 4.26. The summed E-state index contributed by atoms with van der Waals surface area (Å²) in [7, 11) is 2.10. The van der Waals surface area contributed by atoms with Crippen LogP contribution >= 0.6 is 0 Å². The van der Waals surface area contributed by atoms with E-state index in [0.717, 1.165) is 37.6 Å². The van der Waals surface area contributed by atoms with Gasteiger partial charge in [-0.3, -0.25) is 0 Å². The zero-order valence-electron chi connectivity index (χ0n) is 17.4. The Kier molecular flexibility index (Phi) is 6.77. The van der Waals surface area contributed by atoms with Crippen LogP contribution in [-0.2, 0) is 0 Å². The van der Waals surface area contributed by atoms with Crippen LogP contribution in [0.25, 0.3) is 0 Å². The van der Waals surface area contributed by atoms with Crippen LogP contribution < -0.4 is 20.9 Å². The predicted molar refractivity (Wildman–Crippen MR) is 119 cm³/mol. The summed E-state index contributed by atoms with van der Waals surface area (Å²) in [5, 5.41) is 10.4. The van der Waals surface area contributed by atoms with Crippen LogP contribution in [0, 0.1) is 0 Å². The molecular formula is C22H33N7. The number of para-hydroxylation sites is 1. The van der Waals surface area contributed by atoms with Crippen LogP contribution in [0.4, 0.5) is 23.5 Å². The number of rotatable bonds is 6. The lowest BCUT2D eigenvalue weighted by Crippen LogP contribution is -2.42. The van der Waals surface area contributed by atoms with Gasteiger partial charge in [0.2, 0.25) is 17.8 Å². The number of piperidine rings is 1. The molecule has 4 rings (SSSR count). The molecule has 156 valence electrons. The molecule has 0 atom stereocenters. The molecule has 1 aliphatic heterocycles. The molecule has 29 heavy (non-hydrogen) atoms. The van der Waals surface area contributed by atoms with Crippen molar-refractivity contribution in [3.05, 3.63) is 30.3 Å². The van der Waals surface area contributed by atoms with Crippen LogP contribution in [0.5, 0.6) is 0 Å². The Bertz CT molecular complexity index is 753. The topological polar surface area (TPSA) is 78.0 Å². The fourth-order valence-electron chi connectivity index (χ4n) is 4.26. The number of nitrogens with one attached hydrogen (secondary N) is 3. The molecule has 7 heteroatoms. The van der Waals surface area contributed by atoms with Gasteiger partial charge in [0.15, 0.2) is 0 Å². The van der Waals surface area contributed by atoms with Gasteiger partial charge in [-0.15, -0.1) is 0 Å². The van der Waals surface area contributed by atoms with Crippen molar-refractivity contribution in [3.63, 3.8) is 0 Å². The molecule has 1 aromatic heterocycles. The molecule has 0 radical (unpaired) electrons. The zero-order chi connectivity index (χ0) is 19.9. The zero-order valence-corrected chi connectivity index (χ0v) is 17.4. The first kappa shape index (κ1) is 19.9. The van der Waals surface area contributed by atoms with Crippen molar-refractivity contribution in [2.75, 3.05) is 35.7 Å². The summed E-state index contributed by atoms with van der Waals surface area (Å²) in [4.78, 5) is 16.5. The fraction of sp³-hybridized carbons (Fsp3) is 0.591. The van der Waals surface area contributed by atoms with Crippen molar-refractivity contribution in [2.45, 2.75) is 63.5 Å². The summed E-state index contributed by atoms with van der Waals surface area (Å²) in [5.74, 6) is 2.01. The lowest BCUT2D eigenvalue weighted by atomic mass is 10.1. The van der Waals surface area contributed by atoms with Gasteiger partial charge in [-0.2, -0.15) is 15.0 Å². The van der Waals surface area contributed by atoms with E-state index in [4.69, 9.17) is 15.0 Å². The first-order chi connectivity index (χ1) is 14.3. The molecule has 0 bridgehead atoms. The van der Waals surface area contributed by atoms with Gasteiger partial charge in [0.05, 0.1) is 0 Å². The minimum atomic E-state index is 0.446. The average Bonchev–Trinajstić information content (AvgIpc) is 3.03. The van der Waals surface area contributed by atoms with Gasteiger partial charge in [-0.25, -0.2) is 0 Å². The highest BCUT2D eigenvalue weighted by atomic mass is 15.3. The molecule has 0 spiro atoms. The van der Waals surface area contributed by atoms with Crippen LogP contribution in [-0.4, -0.2) is 47.2 Å². The Labute approximate surface area is 173 Å². The minimum absolute atomic E-state index is 0.446. The average molecular weight is 396 g/mol. The van der Waals surface area contributed by atoms with E-state index in [0.29, 0.717) is 24.0 Å². The molecule has 1 saturated heterocycles. The summed E-state index contributed by atoms with van der Waals surface area (Å²) in [6.45, 7) is 2.09. The second-order valence-electron chi connectivity index (χ2n) is 8.20. The van der Waals surface area contributed by atoms with E-state index in [1.165, 1.54) is 38.5 Å². The Morgan fingerprint density at radius 2 is 1.55 bits per heavy atom. The van der Waals surface area contributed by atoms with Crippen molar-refractivity contribution in [2.24, 2.45) is 0 Å². The van der Waals surface area contributed by atoms with Crippen LogP contribution in [0.1, 0.15) is 51.4 Å². The number of benzene rings is 1. The monoisotopic (exact) mass is 395 g/mol. The van der Waals surface area contributed by atoms with Gasteiger partial charge < -0.3 is 20.9 Å². The van der Waals surface area contributed by atoms with Gasteiger partial charge in [-0.1, -0.05) is 43.9 Å². The molecule has 7 nitrogen and oxygen atoms in total. The third kappa shape index (κ3) is 5.56. The molecule has 3 N–H and O–H groups in total.